The second kappa shape index (κ2) is 5.95. The highest BCUT2D eigenvalue weighted by atomic mass is 16.4. The largest absolute Gasteiger partial charge is 0.481 e. The van der Waals surface area contributed by atoms with Crippen molar-refractivity contribution in [3.63, 3.8) is 0 Å². The number of carbonyl (C=O) groups is 2. The molecule has 1 saturated heterocycles. The third-order valence-corrected chi connectivity index (χ3v) is 1.69. The van der Waals surface area contributed by atoms with Crippen molar-refractivity contribution in [2.24, 2.45) is 11.7 Å². The monoisotopic (exact) mass is 201 g/mol. The van der Waals surface area contributed by atoms with Crippen LogP contribution < -0.4 is 11.1 Å². The molecule has 0 radical (unpaired) electrons. The number of rotatable bonds is 1. The Morgan fingerprint density at radius 2 is 2.21 bits per heavy atom. The summed E-state index contributed by atoms with van der Waals surface area (Å²) >= 11 is 0. The van der Waals surface area contributed by atoms with Gasteiger partial charge in [-0.2, -0.15) is 0 Å². The Hall–Kier alpha value is -1.59. The van der Waals surface area contributed by atoms with Crippen LogP contribution in [-0.4, -0.2) is 29.4 Å². The summed E-state index contributed by atoms with van der Waals surface area (Å²) < 4.78 is 0. The highest BCUT2D eigenvalue weighted by Gasteiger charge is 2.20. The van der Waals surface area contributed by atoms with Crippen LogP contribution >= 0.6 is 0 Å². The predicted octanol–water partition coefficient (Wildman–Crippen LogP) is -0.461. The molecule has 1 fully saturated rings. The van der Waals surface area contributed by atoms with E-state index in [1.807, 2.05) is 0 Å². The predicted molar refractivity (Wildman–Crippen MR) is 51.0 cm³/mol. The van der Waals surface area contributed by atoms with Crippen molar-refractivity contribution >= 4 is 17.7 Å². The van der Waals surface area contributed by atoms with Crippen molar-refractivity contribution in [3.05, 3.63) is 0 Å². The third-order valence-electron chi connectivity index (χ3n) is 1.69. The van der Waals surface area contributed by atoms with E-state index >= 15 is 0 Å². The topological polar surface area (TPSA) is 116 Å². The van der Waals surface area contributed by atoms with Crippen molar-refractivity contribution < 1.29 is 14.7 Å². The molecule has 1 heterocycles. The summed E-state index contributed by atoms with van der Waals surface area (Å²) in [4.78, 5) is 19.7. The van der Waals surface area contributed by atoms with Gasteiger partial charge in [-0.05, 0) is 6.42 Å². The molecule has 6 nitrogen and oxygen atoms in total. The molecule has 6 heteroatoms. The highest BCUT2D eigenvalue weighted by molar-refractivity contribution is 5.87. The van der Waals surface area contributed by atoms with Crippen LogP contribution in [0.4, 0.5) is 0 Å². The van der Waals surface area contributed by atoms with Crippen molar-refractivity contribution in [2.45, 2.75) is 19.8 Å². The third kappa shape index (κ3) is 5.99. The molecule has 1 aliphatic heterocycles. The van der Waals surface area contributed by atoms with E-state index in [0.717, 1.165) is 13.3 Å². The number of carboxylic acid groups (broad SMARTS) is 1. The maximum atomic E-state index is 10.7. The SMILES string of the molecule is CC(=O)O.N=C(N)C1CCNC(=O)C1. The molecule has 1 unspecified atom stereocenters. The molecule has 0 bridgehead atoms. The molecular formula is C8H15N3O3. The maximum Gasteiger partial charge on any atom is 0.300 e. The first-order valence-corrected chi connectivity index (χ1v) is 4.23. The summed E-state index contributed by atoms with van der Waals surface area (Å²) in [5.41, 5.74) is 5.23. The quantitative estimate of drug-likeness (QED) is 0.339. The van der Waals surface area contributed by atoms with Gasteiger partial charge >= 0.3 is 0 Å². The minimum absolute atomic E-state index is 0.00597. The van der Waals surface area contributed by atoms with Crippen molar-refractivity contribution in [3.8, 4) is 0 Å². The normalized spacial score (nSPS) is 20.1. The number of hydrogen-bond donors (Lipinski definition) is 4. The van der Waals surface area contributed by atoms with Gasteiger partial charge in [0.1, 0.15) is 0 Å². The van der Waals surface area contributed by atoms with Gasteiger partial charge in [-0.1, -0.05) is 0 Å². The highest BCUT2D eigenvalue weighted by Crippen LogP contribution is 2.10. The standard InChI is InChI=1S/C6H11N3O.C2H4O2/c7-6(8)4-1-2-9-5(10)3-4;1-2(3)4/h4H,1-3H2,(H3,7,8)(H,9,10);1H3,(H,3,4). The first-order chi connectivity index (χ1) is 6.43. The zero-order chi connectivity index (χ0) is 11.1. The Labute approximate surface area is 82.0 Å². The lowest BCUT2D eigenvalue weighted by Crippen LogP contribution is -2.38. The fourth-order valence-corrected chi connectivity index (χ4v) is 1.05. The van der Waals surface area contributed by atoms with E-state index < -0.39 is 5.97 Å². The molecule has 0 aromatic carbocycles. The summed E-state index contributed by atoms with van der Waals surface area (Å²) in [6.07, 6.45) is 1.19. The molecule has 1 aliphatic rings. The van der Waals surface area contributed by atoms with Crippen LogP contribution in [-0.2, 0) is 9.59 Å². The summed E-state index contributed by atoms with van der Waals surface area (Å²) in [6, 6.07) is 0. The number of amidine groups is 1. The summed E-state index contributed by atoms with van der Waals surface area (Å²) in [5.74, 6) is -0.713. The van der Waals surface area contributed by atoms with Gasteiger partial charge in [0.25, 0.3) is 5.97 Å². The number of nitrogens with one attached hydrogen (secondary N) is 2. The van der Waals surface area contributed by atoms with E-state index in [-0.39, 0.29) is 17.7 Å². The first kappa shape index (κ1) is 12.4. The van der Waals surface area contributed by atoms with Crippen LogP contribution in [0.2, 0.25) is 0 Å². The van der Waals surface area contributed by atoms with Gasteiger partial charge in [0.15, 0.2) is 0 Å². The Morgan fingerprint density at radius 3 is 2.50 bits per heavy atom. The number of carboxylic acids is 1. The molecule has 5 N–H and O–H groups in total. The Kier molecular flexibility index (Phi) is 5.28. The minimum atomic E-state index is -0.833. The maximum absolute atomic E-state index is 10.7. The number of piperidine rings is 1. The van der Waals surface area contributed by atoms with Crippen molar-refractivity contribution in [1.82, 2.24) is 5.32 Å². The number of hydrogen-bond acceptors (Lipinski definition) is 3. The van der Waals surface area contributed by atoms with Crippen LogP contribution in [0.3, 0.4) is 0 Å². The molecular weight excluding hydrogens is 186 g/mol. The molecule has 1 atom stereocenters. The van der Waals surface area contributed by atoms with Crippen LogP contribution in [0.5, 0.6) is 0 Å². The van der Waals surface area contributed by atoms with Crippen molar-refractivity contribution in [2.75, 3.05) is 6.54 Å². The fourth-order valence-electron chi connectivity index (χ4n) is 1.05. The minimum Gasteiger partial charge on any atom is -0.481 e. The lowest BCUT2D eigenvalue weighted by atomic mass is 9.97. The summed E-state index contributed by atoms with van der Waals surface area (Å²) in [7, 11) is 0. The number of carbonyl (C=O) groups excluding carboxylic acids is 1. The summed E-state index contributed by atoms with van der Waals surface area (Å²) in [5, 5.41) is 17.2. The van der Waals surface area contributed by atoms with E-state index in [2.05, 4.69) is 5.32 Å². The van der Waals surface area contributed by atoms with Gasteiger partial charge in [0.2, 0.25) is 5.91 Å². The zero-order valence-corrected chi connectivity index (χ0v) is 8.04. The average molecular weight is 201 g/mol. The van der Waals surface area contributed by atoms with E-state index in [1.54, 1.807) is 0 Å². The van der Waals surface area contributed by atoms with Gasteiger partial charge in [-0.15, -0.1) is 0 Å². The second-order valence-electron chi connectivity index (χ2n) is 3.01. The molecule has 0 aromatic heterocycles. The van der Waals surface area contributed by atoms with E-state index in [9.17, 15) is 4.79 Å². The van der Waals surface area contributed by atoms with E-state index in [1.165, 1.54) is 0 Å². The molecule has 0 aromatic rings. The zero-order valence-electron chi connectivity index (χ0n) is 8.04. The number of aliphatic carboxylic acids is 1. The van der Waals surface area contributed by atoms with Gasteiger partial charge in [0, 0.05) is 25.8 Å². The Morgan fingerprint density at radius 1 is 1.71 bits per heavy atom. The lowest BCUT2D eigenvalue weighted by molar-refractivity contribution is -0.134. The Bertz CT molecular complexity index is 234. The van der Waals surface area contributed by atoms with E-state index in [0.29, 0.717) is 13.0 Å². The first-order valence-electron chi connectivity index (χ1n) is 4.23. The van der Waals surface area contributed by atoms with Crippen LogP contribution in [0.1, 0.15) is 19.8 Å². The Balaban J connectivity index is 0.000000364. The van der Waals surface area contributed by atoms with Gasteiger partial charge in [0.05, 0.1) is 5.84 Å². The van der Waals surface area contributed by atoms with Gasteiger partial charge < -0.3 is 16.2 Å². The smallest absolute Gasteiger partial charge is 0.300 e. The molecule has 80 valence electrons. The van der Waals surface area contributed by atoms with E-state index in [4.69, 9.17) is 21.0 Å². The lowest BCUT2D eigenvalue weighted by Gasteiger charge is -2.20. The van der Waals surface area contributed by atoms with Crippen molar-refractivity contribution in [1.29, 1.82) is 5.41 Å². The number of amides is 1. The molecule has 1 rings (SSSR count). The van der Waals surface area contributed by atoms with Gasteiger partial charge in [-0.25, -0.2) is 0 Å². The molecule has 0 saturated carbocycles. The number of nitrogens with two attached hydrogens (primary N) is 1. The molecule has 14 heavy (non-hydrogen) atoms. The molecule has 0 spiro atoms. The van der Waals surface area contributed by atoms with Crippen LogP contribution in [0.25, 0.3) is 0 Å². The molecule has 1 amide bonds. The van der Waals surface area contributed by atoms with Crippen LogP contribution in [0, 0.1) is 11.3 Å². The summed E-state index contributed by atoms with van der Waals surface area (Å²) in [6.45, 7) is 1.74. The van der Waals surface area contributed by atoms with Gasteiger partial charge in [-0.3, -0.25) is 15.0 Å². The second-order valence-corrected chi connectivity index (χ2v) is 3.01. The molecule has 0 aliphatic carbocycles. The van der Waals surface area contributed by atoms with Crippen LogP contribution in [0.15, 0.2) is 0 Å². The fraction of sp³-hybridized carbons (Fsp3) is 0.625. The average Bonchev–Trinajstić information content (AvgIpc) is 2.03.